The number of piperidine rings is 1. The van der Waals surface area contributed by atoms with E-state index in [1.54, 1.807) is 0 Å². The SMILES string of the molecule is C1CC2CCCC23OCCN3C1. The maximum absolute atomic E-state index is 5.99. The first-order valence-corrected chi connectivity index (χ1v) is 5.31. The molecule has 0 bridgehead atoms. The molecule has 12 heavy (non-hydrogen) atoms. The lowest BCUT2D eigenvalue weighted by Gasteiger charge is -2.42. The number of nitrogens with zero attached hydrogens (tertiary/aromatic N) is 1. The molecule has 3 aliphatic rings. The Morgan fingerprint density at radius 3 is 3.08 bits per heavy atom. The standard InChI is InChI=1S/C10H17NO/c1-3-9-4-2-6-11-7-8-12-10(9,11)5-1/h9H,1-8H2. The molecule has 68 valence electrons. The van der Waals surface area contributed by atoms with E-state index in [4.69, 9.17) is 4.74 Å². The number of ether oxygens (including phenoxy) is 1. The minimum atomic E-state index is 0.234. The zero-order valence-corrected chi connectivity index (χ0v) is 7.59. The van der Waals surface area contributed by atoms with Crippen molar-refractivity contribution in [2.45, 2.75) is 37.8 Å². The van der Waals surface area contributed by atoms with Crippen molar-refractivity contribution in [2.24, 2.45) is 5.92 Å². The van der Waals surface area contributed by atoms with Gasteiger partial charge in [-0.15, -0.1) is 0 Å². The van der Waals surface area contributed by atoms with Gasteiger partial charge in [0.1, 0.15) is 5.72 Å². The van der Waals surface area contributed by atoms with Crippen LogP contribution >= 0.6 is 0 Å². The molecule has 2 saturated heterocycles. The Bertz CT molecular complexity index is 172. The summed E-state index contributed by atoms with van der Waals surface area (Å²) in [7, 11) is 0. The molecule has 2 aliphatic heterocycles. The molecule has 3 rings (SSSR count). The number of hydrogen-bond donors (Lipinski definition) is 0. The number of rotatable bonds is 0. The fourth-order valence-electron chi connectivity index (χ4n) is 3.45. The van der Waals surface area contributed by atoms with Crippen LogP contribution in [0.15, 0.2) is 0 Å². The van der Waals surface area contributed by atoms with Gasteiger partial charge in [-0.1, -0.05) is 0 Å². The highest BCUT2D eigenvalue weighted by molar-refractivity contribution is 4.99. The smallest absolute Gasteiger partial charge is 0.124 e. The van der Waals surface area contributed by atoms with Crippen molar-refractivity contribution in [3.8, 4) is 0 Å². The zero-order valence-electron chi connectivity index (χ0n) is 7.59. The predicted octanol–water partition coefficient (Wildman–Crippen LogP) is 1.61. The molecule has 0 aromatic heterocycles. The molecular formula is C10H17NO. The van der Waals surface area contributed by atoms with Gasteiger partial charge < -0.3 is 4.74 Å². The lowest BCUT2D eigenvalue weighted by Crippen LogP contribution is -2.51. The molecular weight excluding hydrogens is 150 g/mol. The summed E-state index contributed by atoms with van der Waals surface area (Å²) in [5.74, 6) is 0.869. The van der Waals surface area contributed by atoms with E-state index in [1.165, 1.54) is 45.2 Å². The Hall–Kier alpha value is -0.0800. The zero-order chi connectivity index (χ0) is 8.02. The van der Waals surface area contributed by atoms with Crippen LogP contribution < -0.4 is 0 Å². The summed E-state index contributed by atoms with van der Waals surface area (Å²) in [5, 5.41) is 0. The van der Waals surface area contributed by atoms with E-state index in [1.807, 2.05) is 0 Å². The van der Waals surface area contributed by atoms with Crippen molar-refractivity contribution in [1.82, 2.24) is 4.90 Å². The third-order valence-electron chi connectivity index (χ3n) is 3.95. The summed E-state index contributed by atoms with van der Waals surface area (Å²) >= 11 is 0. The lowest BCUT2D eigenvalue weighted by molar-refractivity contribution is -0.128. The maximum Gasteiger partial charge on any atom is 0.124 e. The minimum absolute atomic E-state index is 0.234. The molecule has 1 spiro atoms. The Morgan fingerprint density at radius 2 is 2.08 bits per heavy atom. The van der Waals surface area contributed by atoms with Crippen LogP contribution in [-0.4, -0.2) is 30.3 Å². The molecule has 3 fully saturated rings. The van der Waals surface area contributed by atoms with E-state index in [-0.39, 0.29) is 5.72 Å². The van der Waals surface area contributed by atoms with Gasteiger partial charge in [-0.05, 0) is 32.1 Å². The Morgan fingerprint density at radius 1 is 1.17 bits per heavy atom. The molecule has 0 radical (unpaired) electrons. The first kappa shape index (κ1) is 7.34. The van der Waals surface area contributed by atoms with Gasteiger partial charge in [0.05, 0.1) is 6.61 Å². The van der Waals surface area contributed by atoms with Crippen LogP contribution in [0.25, 0.3) is 0 Å². The summed E-state index contributed by atoms with van der Waals surface area (Å²) in [4.78, 5) is 2.61. The van der Waals surface area contributed by atoms with E-state index in [9.17, 15) is 0 Å². The van der Waals surface area contributed by atoms with Gasteiger partial charge in [-0.2, -0.15) is 0 Å². The van der Waals surface area contributed by atoms with Crippen LogP contribution in [-0.2, 0) is 4.74 Å². The first-order valence-electron chi connectivity index (χ1n) is 5.31. The second-order valence-corrected chi connectivity index (χ2v) is 4.41. The van der Waals surface area contributed by atoms with E-state index < -0.39 is 0 Å². The van der Waals surface area contributed by atoms with Crippen LogP contribution in [0.4, 0.5) is 0 Å². The summed E-state index contributed by atoms with van der Waals surface area (Å²) in [6, 6.07) is 0. The summed E-state index contributed by atoms with van der Waals surface area (Å²) in [6.07, 6.45) is 6.92. The molecule has 2 nitrogen and oxygen atoms in total. The third kappa shape index (κ3) is 0.775. The summed E-state index contributed by atoms with van der Waals surface area (Å²) < 4.78 is 5.99. The van der Waals surface area contributed by atoms with Gasteiger partial charge in [-0.25, -0.2) is 0 Å². The van der Waals surface area contributed by atoms with E-state index in [0.29, 0.717) is 0 Å². The second-order valence-electron chi connectivity index (χ2n) is 4.41. The lowest BCUT2D eigenvalue weighted by atomic mass is 9.89. The molecule has 0 aromatic carbocycles. The van der Waals surface area contributed by atoms with Crippen LogP contribution in [0.5, 0.6) is 0 Å². The number of hydrogen-bond acceptors (Lipinski definition) is 2. The van der Waals surface area contributed by atoms with Gasteiger partial charge in [0.15, 0.2) is 0 Å². The van der Waals surface area contributed by atoms with Crippen molar-refractivity contribution in [1.29, 1.82) is 0 Å². The highest BCUT2D eigenvalue weighted by atomic mass is 16.5. The Kier molecular flexibility index (Phi) is 1.50. The average Bonchev–Trinajstić information content (AvgIpc) is 2.63. The van der Waals surface area contributed by atoms with Crippen molar-refractivity contribution in [3.63, 3.8) is 0 Å². The van der Waals surface area contributed by atoms with Crippen LogP contribution in [0.1, 0.15) is 32.1 Å². The van der Waals surface area contributed by atoms with Crippen LogP contribution in [0, 0.1) is 5.92 Å². The molecule has 0 aromatic rings. The predicted molar refractivity (Wildman–Crippen MR) is 46.8 cm³/mol. The van der Waals surface area contributed by atoms with Crippen molar-refractivity contribution >= 4 is 0 Å². The molecule has 1 aliphatic carbocycles. The topological polar surface area (TPSA) is 12.5 Å². The Labute approximate surface area is 73.9 Å². The molecule has 0 N–H and O–H groups in total. The van der Waals surface area contributed by atoms with Gasteiger partial charge in [-0.3, -0.25) is 4.90 Å². The van der Waals surface area contributed by atoms with Gasteiger partial charge in [0.2, 0.25) is 0 Å². The molecule has 2 unspecified atom stereocenters. The highest BCUT2D eigenvalue weighted by Gasteiger charge is 2.52. The first-order chi connectivity index (χ1) is 5.92. The second kappa shape index (κ2) is 2.46. The molecule has 1 saturated carbocycles. The monoisotopic (exact) mass is 167 g/mol. The van der Waals surface area contributed by atoms with Gasteiger partial charge in [0, 0.05) is 19.0 Å². The van der Waals surface area contributed by atoms with Gasteiger partial charge >= 0.3 is 0 Å². The quantitative estimate of drug-likeness (QED) is 0.543. The average molecular weight is 167 g/mol. The van der Waals surface area contributed by atoms with Crippen LogP contribution in [0.3, 0.4) is 0 Å². The fourth-order valence-corrected chi connectivity index (χ4v) is 3.45. The third-order valence-corrected chi connectivity index (χ3v) is 3.95. The van der Waals surface area contributed by atoms with E-state index in [2.05, 4.69) is 4.90 Å². The maximum atomic E-state index is 5.99. The van der Waals surface area contributed by atoms with Gasteiger partial charge in [0.25, 0.3) is 0 Å². The van der Waals surface area contributed by atoms with Crippen molar-refractivity contribution in [2.75, 3.05) is 19.7 Å². The highest BCUT2D eigenvalue weighted by Crippen LogP contribution is 2.48. The van der Waals surface area contributed by atoms with Crippen molar-refractivity contribution in [3.05, 3.63) is 0 Å². The molecule has 2 heterocycles. The van der Waals surface area contributed by atoms with E-state index >= 15 is 0 Å². The Balaban J connectivity index is 1.93. The van der Waals surface area contributed by atoms with E-state index in [0.717, 1.165) is 12.5 Å². The minimum Gasteiger partial charge on any atom is -0.359 e. The normalized spacial score (nSPS) is 47.5. The largest absolute Gasteiger partial charge is 0.359 e. The fraction of sp³-hybridized carbons (Fsp3) is 1.00. The van der Waals surface area contributed by atoms with Crippen molar-refractivity contribution < 1.29 is 4.74 Å². The van der Waals surface area contributed by atoms with Crippen LogP contribution in [0.2, 0.25) is 0 Å². The summed E-state index contributed by atoms with van der Waals surface area (Å²) in [6.45, 7) is 3.46. The molecule has 2 heteroatoms. The summed E-state index contributed by atoms with van der Waals surface area (Å²) in [5.41, 5.74) is 0.234. The molecule has 2 atom stereocenters. The molecule has 0 amide bonds.